The molecule has 0 spiro atoms. The van der Waals surface area contributed by atoms with Gasteiger partial charge in [-0.2, -0.15) is 0 Å². The van der Waals surface area contributed by atoms with Crippen LogP contribution in [0.4, 0.5) is 0 Å². The summed E-state index contributed by atoms with van der Waals surface area (Å²) < 4.78 is 7.65. The highest BCUT2D eigenvalue weighted by molar-refractivity contribution is 5.85. The molecule has 1 fully saturated rings. The summed E-state index contributed by atoms with van der Waals surface area (Å²) in [7, 11) is 0. The summed E-state index contributed by atoms with van der Waals surface area (Å²) in [5.74, 6) is 0.129. The minimum Gasteiger partial charge on any atom is -0.379 e. The molecule has 0 radical (unpaired) electrons. The van der Waals surface area contributed by atoms with Crippen molar-refractivity contribution >= 4 is 16.8 Å². The van der Waals surface area contributed by atoms with E-state index in [0.717, 1.165) is 32.4 Å². The zero-order valence-corrected chi connectivity index (χ0v) is 13.2. The molecule has 22 heavy (non-hydrogen) atoms. The Morgan fingerprint density at radius 2 is 2.27 bits per heavy atom. The third-order valence-corrected chi connectivity index (χ3v) is 4.36. The van der Waals surface area contributed by atoms with E-state index in [1.807, 2.05) is 0 Å². The molecule has 1 atom stereocenters. The minimum absolute atomic E-state index is 0.129. The van der Waals surface area contributed by atoms with Crippen LogP contribution in [0.5, 0.6) is 0 Å². The number of hydrogen-bond acceptors (Lipinski definition) is 2. The first-order chi connectivity index (χ1) is 10.8. The van der Waals surface area contributed by atoms with Crippen LogP contribution in [0.1, 0.15) is 31.7 Å². The summed E-state index contributed by atoms with van der Waals surface area (Å²) in [6, 6.07) is 8.60. The fourth-order valence-corrected chi connectivity index (χ4v) is 3.19. The molecule has 1 amide bonds. The molecule has 1 saturated heterocycles. The van der Waals surface area contributed by atoms with E-state index in [0.29, 0.717) is 13.0 Å². The molecule has 0 bridgehead atoms. The number of aromatic nitrogens is 1. The number of hydrogen-bond donors (Lipinski definition) is 1. The van der Waals surface area contributed by atoms with Gasteiger partial charge in [0.05, 0.1) is 12.6 Å². The highest BCUT2D eigenvalue weighted by Crippen LogP contribution is 2.22. The summed E-state index contributed by atoms with van der Waals surface area (Å²) in [5, 5.41) is 4.35. The van der Waals surface area contributed by atoms with Gasteiger partial charge in [-0.25, -0.2) is 0 Å². The SMILES string of the molecule is CCn1cc(CCC(=O)N[C@H]2CCCOC2)c2ccccc21. The highest BCUT2D eigenvalue weighted by Gasteiger charge is 2.16. The Labute approximate surface area is 131 Å². The summed E-state index contributed by atoms with van der Waals surface area (Å²) in [4.78, 5) is 12.1. The number of carbonyl (C=O) groups is 1. The van der Waals surface area contributed by atoms with Gasteiger partial charge in [-0.15, -0.1) is 0 Å². The van der Waals surface area contributed by atoms with Crippen LogP contribution in [-0.4, -0.2) is 29.7 Å². The quantitative estimate of drug-likeness (QED) is 0.922. The Bertz CT molecular complexity index is 642. The number of carbonyl (C=O) groups excluding carboxylic acids is 1. The van der Waals surface area contributed by atoms with Gasteiger partial charge in [-0.05, 0) is 37.8 Å². The van der Waals surface area contributed by atoms with Crippen molar-refractivity contribution in [3.8, 4) is 0 Å². The van der Waals surface area contributed by atoms with Crippen molar-refractivity contribution in [1.82, 2.24) is 9.88 Å². The maximum absolute atomic E-state index is 12.1. The lowest BCUT2D eigenvalue weighted by Gasteiger charge is -2.23. The smallest absolute Gasteiger partial charge is 0.220 e. The molecule has 118 valence electrons. The molecule has 0 saturated carbocycles. The number of para-hydroxylation sites is 1. The average Bonchev–Trinajstić information content (AvgIpc) is 2.92. The van der Waals surface area contributed by atoms with Crippen molar-refractivity contribution in [3.05, 3.63) is 36.0 Å². The van der Waals surface area contributed by atoms with Gasteiger partial charge in [-0.1, -0.05) is 18.2 Å². The molecule has 4 nitrogen and oxygen atoms in total. The Hall–Kier alpha value is -1.81. The fraction of sp³-hybridized carbons (Fsp3) is 0.500. The standard InChI is InChI=1S/C18H24N2O2/c1-2-20-12-14(16-7-3-4-8-17(16)20)9-10-18(21)19-15-6-5-11-22-13-15/h3-4,7-8,12,15H,2,5-6,9-11,13H2,1H3,(H,19,21)/t15-/m0/s1. The molecular weight excluding hydrogens is 276 g/mol. The maximum atomic E-state index is 12.1. The molecule has 0 aliphatic carbocycles. The normalized spacial score (nSPS) is 18.5. The molecule has 1 aromatic heterocycles. The third-order valence-electron chi connectivity index (χ3n) is 4.36. The van der Waals surface area contributed by atoms with Crippen LogP contribution in [0, 0.1) is 0 Å². The number of ether oxygens (including phenoxy) is 1. The number of aryl methyl sites for hydroxylation is 2. The van der Waals surface area contributed by atoms with E-state index in [-0.39, 0.29) is 11.9 Å². The lowest BCUT2D eigenvalue weighted by molar-refractivity contribution is -0.122. The molecular formula is C18H24N2O2. The van der Waals surface area contributed by atoms with Crippen LogP contribution >= 0.6 is 0 Å². The van der Waals surface area contributed by atoms with Crippen LogP contribution in [0.3, 0.4) is 0 Å². The molecule has 2 heterocycles. The Morgan fingerprint density at radius 3 is 3.05 bits per heavy atom. The zero-order valence-electron chi connectivity index (χ0n) is 13.2. The van der Waals surface area contributed by atoms with Gasteiger partial charge in [0, 0.05) is 36.7 Å². The van der Waals surface area contributed by atoms with Crippen LogP contribution in [0.2, 0.25) is 0 Å². The second-order valence-electron chi connectivity index (χ2n) is 5.94. The van der Waals surface area contributed by atoms with Crippen LogP contribution in [-0.2, 0) is 22.5 Å². The molecule has 1 aromatic carbocycles. The molecule has 4 heteroatoms. The second-order valence-corrected chi connectivity index (χ2v) is 5.94. The first-order valence-corrected chi connectivity index (χ1v) is 8.21. The van der Waals surface area contributed by atoms with Gasteiger partial charge in [0.1, 0.15) is 0 Å². The van der Waals surface area contributed by atoms with Gasteiger partial charge in [-0.3, -0.25) is 4.79 Å². The molecule has 2 aromatic rings. The number of benzene rings is 1. The number of nitrogens with one attached hydrogen (secondary N) is 1. The van der Waals surface area contributed by atoms with E-state index in [1.54, 1.807) is 0 Å². The Kier molecular flexibility index (Phi) is 4.78. The van der Waals surface area contributed by atoms with Gasteiger partial charge < -0.3 is 14.6 Å². The molecule has 1 aliphatic heterocycles. The van der Waals surface area contributed by atoms with E-state index < -0.39 is 0 Å². The fourth-order valence-electron chi connectivity index (χ4n) is 3.19. The maximum Gasteiger partial charge on any atom is 0.220 e. The van der Waals surface area contributed by atoms with Crippen molar-refractivity contribution < 1.29 is 9.53 Å². The summed E-state index contributed by atoms with van der Waals surface area (Å²) >= 11 is 0. The van der Waals surface area contributed by atoms with E-state index >= 15 is 0 Å². The van der Waals surface area contributed by atoms with E-state index in [1.165, 1.54) is 16.5 Å². The van der Waals surface area contributed by atoms with Crippen molar-refractivity contribution in [3.63, 3.8) is 0 Å². The number of nitrogens with zero attached hydrogens (tertiary/aromatic N) is 1. The van der Waals surface area contributed by atoms with Gasteiger partial charge in [0.25, 0.3) is 0 Å². The lowest BCUT2D eigenvalue weighted by Crippen LogP contribution is -2.40. The molecule has 1 aliphatic rings. The zero-order chi connectivity index (χ0) is 15.4. The molecule has 1 N–H and O–H groups in total. The third kappa shape index (κ3) is 3.33. The largest absolute Gasteiger partial charge is 0.379 e. The van der Waals surface area contributed by atoms with Crippen molar-refractivity contribution in [2.75, 3.05) is 13.2 Å². The van der Waals surface area contributed by atoms with Crippen LogP contribution < -0.4 is 5.32 Å². The predicted octanol–water partition coefficient (Wildman–Crippen LogP) is 2.89. The molecule has 3 rings (SSSR count). The van der Waals surface area contributed by atoms with Gasteiger partial charge >= 0.3 is 0 Å². The second kappa shape index (κ2) is 6.97. The Morgan fingerprint density at radius 1 is 1.41 bits per heavy atom. The van der Waals surface area contributed by atoms with Gasteiger partial charge in [0.15, 0.2) is 0 Å². The highest BCUT2D eigenvalue weighted by atomic mass is 16.5. The summed E-state index contributed by atoms with van der Waals surface area (Å²) in [6.07, 6.45) is 5.57. The minimum atomic E-state index is 0.129. The van der Waals surface area contributed by atoms with E-state index in [4.69, 9.17) is 4.74 Å². The number of amides is 1. The average molecular weight is 300 g/mol. The number of fused-ring (bicyclic) bond motifs is 1. The van der Waals surface area contributed by atoms with E-state index in [2.05, 4.69) is 47.3 Å². The van der Waals surface area contributed by atoms with Crippen molar-refractivity contribution in [2.24, 2.45) is 0 Å². The van der Waals surface area contributed by atoms with E-state index in [9.17, 15) is 4.79 Å². The lowest BCUT2D eigenvalue weighted by atomic mass is 10.1. The Balaban J connectivity index is 1.62. The molecule has 0 unspecified atom stereocenters. The number of rotatable bonds is 5. The first-order valence-electron chi connectivity index (χ1n) is 8.21. The summed E-state index contributed by atoms with van der Waals surface area (Å²) in [6.45, 7) is 4.57. The first kappa shape index (κ1) is 15.1. The van der Waals surface area contributed by atoms with Gasteiger partial charge in [0.2, 0.25) is 5.91 Å². The predicted molar refractivity (Wildman–Crippen MR) is 87.9 cm³/mol. The topological polar surface area (TPSA) is 43.3 Å². The van der Waals surface area contributed by atoms with Crippen LogP contribution in [0.15, 0.2) is 30.5 Å². The monoisotopic (exact) mass is 300 g/mol. The van der Waals surface area contributed by atoms with Crippen molar-refractivity contribution in [1.29, 1.82) is 0 Å². The van der Waals surface area contributed by atoms with Crippen molar-refractivity contribution in [2.45, 2.75) is 45.2 Å². The van der Waals surface area contributed by atoms with Crippen LogP contribution in [0.25, 0.3) is 10.9 Å². The summed E-state index contributed by atoms with van der Waals surface area (Å²) in [5.41, 5.74) is 2.51.